The zero-order valence-corrected chi connectivity index (χ0v) is 11.3. The zero-order chi connectivity index (χ0) is 13.2. The molecule has 0 saturated heterocycles. The zero-order valence-electron chi connectivity index (χ0n) is 11.3. The van der Waals surface area contributed by atoms with Crippen molar-refractivity contribution in [3.05, 3.63) is 55.1 Å². The van der Waals surface area contributed by atoms with Crippen molar-refractivity contribution in [3.8, 4) is 5.75 Å². The maximum Gasteiger partial charge on any atom is 0.137 e. The average Bonchev–Trinajstić information content (AvgIpc) is 2.40. The summed E-state index contributed by atoms with van der Waals surface area (Å²) in [6, 6.07) is 8.32. The van der Waals surface area contributed by atoms with E-state index in [1.807, 2.05) is 24.3 Å². The van der Waals surface area contributed by atoms with E-state index in [9.17, 15) is 0 Å². The quantitative estimate of drug-likeness (QED) is 0.657. The van der Waals surface area contributed by atoms with Gasteiger partial charge >= 0.3 is 0 Å². The van der Waals surface area contributed by atoms with Crippen LogP contribution < -0.4 is 9.64 Å². The van der Waals surface area contributed by atoms with Crippen LogP contribution >= 0.6 is 0 Å². The summed E-state index contributed by atoms with van der Waals surface area (Å²) in [6.45, 7) is 13.3. The number of rotatable bonds is 9. The van der Waals surface area contributed by atoms with E-state index in [4.69, 9.17) is 4.74 Å². The Labute approximate surface area is 111 Å². The van der Waals surface area contributed by atoms with E-state index in [2.05, 4.69) is 32.2 Å². The second kappa shape index (κ2) is 8.54. The molecule has 2 heteroatoms. The standard InChI is InChI=1S/C16H23NO/c1-4-11-17(12-5-2)13-14-18-16-9-7-15(6-3)8-10-16/h4-5,7-10H,1-2,6,11-14H2,3H3/p+1. The Balaban J connectivity index is 2.34. The van der Waals surface area contributed by atoms with Crippen LogP contribution in [0.2, 0.25) is 0 Å². The normalized spacial score (nSPS) is 10.3. The minimum absolute atomic E-state index is 0.725. The molecule has 0 aromatic heterocycles. The minimum Gasteiger partial charge on any atom is -0.488 e. The highest BCUT2D eigenvalue weighted by atomic mass is 16.5. The van der Waals surface area contributed by atoms with E-state index >= 15 is 0 Å². The predicted octanol–water partition coefficient (Wildman–Crippen LogP) is 1.88. The van der Waals surface area contributed by atoms with Crippen molar-refractivity contribution in [3.63, 3.8) is 0 Å². The molecule has 1 rings (SSSR count). The smallest absolute Gasteiger partial charge is 0.137 e. The molecule has 18 heavy (non-hydrogen) atoms. The molecular formula is C16H24NO+. The molecule has 0 unspecified atom stereocenters. The molecule has 0 amide bonds. The van der Waals surface area contributed by atoms with Gasteiger partial charge in [-0.2, -0.15) is 0 Å². The molecule has 1 aromatic rings. The first-order chi connectivity index (χ1) is 8.80. The van der Waals surface area contributed by atoms with Crippen LogP contribution in [0.4, 0.5) is 0 Å². The van der Waals surface area contributed by atoms with E-state index in [-0.39, 0.29) is 0 Å². The van der Waals surface area contributed by atoms with E-state index in [1.54, 1.807) is 0 Å². The van der Waals surface area contributed by atoms with Crippen molar-refractivity contribution in [2.45, 2.75) is 13.3 Å². The van der Waals surface area contributed by atoms with Crippen LogP contribution in [0.3, 0.4) is 0 Å². The van der Waals surface area contributed by atoms with Gasteiger partial charge in [0.1, 0.15) is 18.9 Å². The van der Waals surface area contributed by atoms with Crippen LogP contribution in [0.25, 0.3) is 0 Å². The second-order valence-electron chi connectivity index (χ2n) is 4.33. The van der Waals surface area contributed by atoms with Crippen LogP contribution in [-0.4, -0.2) is 26.2 Å². The van der Waals surface area contributed by atoms with Gasteiger partial charge in [-0.25, -0.2) is 0 Å². The van der Waals surface area contributed by atoms with Gasteiger partial charge in [0, 0.05) is 0 Å². The number of quaternary nitrogens is 1. The average molecular weight is 246 g/mol. The molecule has 98 valence electrons. The minimum atomic E-state index is 0.725. The van der Waals surface area contributed by atoms with Crippen LogP contribution in [-0.2, 0) is 6.42 Å². The van der Waals surface area contributed by atoms with Gasteiger partial charge in [0.05, 0.1) is 13.1 Å². The summed E-state index contributed by atoms with van der Waals surface area (Å²) < 4.78 is 5.74. The van der Waals surface area contributed by atoms with Crippen LogP contribution in [0.1, 0.15) is 12.5 Å². The second-order valence-corrected chi connectivity index (χ2v) is 4.33. The Bertz CT molecular complexity index is 346. The summed E-state index contributed by atoms with van der Waals surface area (Å²) >= 11 is 0. The molecule has 0 aliphatic heterocycles. The molecule has 0 spiro atoms. The van der Waals surface area contributed by atoms with Crippen LogP contribution in [0.15, 0.2) is 49.6 Å². The van der Waals surface area contributed by atoms with Crippen molar-refractivity contribution < 1.29 is 9.64 Å². The lowest BCUT2D eigenvalue weighted by atomic mass is 10.2. The van der Waals surface area contributed by atoms with E-state index in [0.29, 0.717) is 0 Å². The van der Waals surface area contributed by atoms with Gasteiger partial charge in [-0.3, -0.25) is 0 Å². The molecule has 0 saturated carbocycles. The maximum atomic E-state index is 5.74. The lowest BCUT2D eigenvalue weighted by Gasteiger charge is -2.16. The summed E-state index contributed by atoms with van der Waals surface area (Å²) in [5.41, 5.74) is 1.34. The molecule has 0 heterocycles. The van der Waals surface area contributed by atoms with Gasteiger partial charge in [-0.05, 0) is 36.3 Å². The van der Waals surface area contributed by atoms with E-state index < -0.39 is 0 Å². The number of ether oxygens (including phenoxy) is 1. The van der Waals surface area contributed by atoms with Crippen LogP contribution in [0.5, 0.6) is 5.75 Å². The van der Waals surface area contributed by atoms with Gasteiger partial charge in [-0.1, -0.05) is 32.2 Å². The molecule has 0 aliphatic carbocycles. The van der Waals surface area contributed by atoms with Crippen molar-refractivity contribution in [1.29, 1.82) is 0 Å². The van der Waals surface area contributed by atoms with Gasteiger partial charge in [-0.15, -0.1) is 0 Å². The highest BCUT2D eigenvalue weighted by Gasteiger charge is 2.04. The first kappa shape index (κ1) is 14.5. The first-order valence-corrected chi connectivity index (χ1v) is 6.57. The topological polar surface area (TPSA) is 13.7 Å². The molecule has 1 aromatic carbocycles. The fourth-order valence-corrected chi connectivity index (χ4v) is 1.83. The summed E-state index contributed by atoms with van der Waals surface area (Å²) in [7, 11) is 0. The Morgan fingerprint density at radius 3 is 2.22 bits per heavy atom. The van der Waals surface area contributed by atoms with Crippen molar-refractivity contribution >= 4 is 0 Å². The van der Waals surface area contributed by atoms with Crippen LogP contribution in [0, 0.1) is 0 Å². The highest BCUT2D eigenvalue weighted by Crippen LogP contribution is 2.11. The Hall–Kier alpha value is -1.54. The Morgan fingerprint density at radius 1 is 1.11 bits per heavy atom. The van der Waals surface area contributed by atoms with Crippen molar-refractivity contribution in [1.82, 2.24) is 0 Å². The molecule has 0 fully saturated rings. The highest BCUT2D eigenvalue weighted by molar-refractivity contribution is 5.27. The lowest BCUT2D eigenvalue weighted by molar-refractivity contribution is -0.888. The third-order valence-corrected chi connectivity index (χ3v) is 2.92. The lowest BCUT2D eigenvalue weighted by Crippen LogP contribution is -3.12. The summed E-state index contributed by atoms with van der Waals surface area (Å²) in [5, 5.41) is 0. The number of hydrogen-bond acceptors (Lipinski definition) is 1. The third-order valence-electron chi connectivity index (χ3n) is 2.92. The predicted molar refractivity (Wildman–Crippen MR) is 77.3 cm³/mol. The summed E-state index contributed by atoms with van der Waals surface area (Å²) in [5.74, 6) is 0.948. The Kier molecular flexibility index (Phi) is 6.89. The first-order valence-electron chi connectivity index (χ1n) is 6.57. The van der Waals surface area contributed by atoms with Crippen molar-refractivity contribution in [2.24, 2.45) is 0 Å². The maximum absolute atomic E-state index is 5.74. The molecular weight excluding hydrogens is 222 g/mol. The third kappa shape index (κ3) is 5.19. The summed E-state index contributed by atoms with van der Waals surface area (Å²) in [4.78, 5) is 1.42. The fourth-order valence-electron chi connectivity index (χ4n) is 1.83. The SMILES string of the molecule is C=CC[NH+](CC=C)CCOc1ccc(CC)cc1. The molecule has 1 N–H and O–H groups in total. The number of nitrogens with one attached hydrogen (secondary N) is 1. The molecule has 0 atom stereocenters. The Morgan fingerprint density at radius 2 is 1.72 bits per heavy atom. The molecule has 0 bridgehead atoms. The number of aryl methyl sites for hydroxylation is 1. The van der Waals surface area contributed by atoms with Gasteiger partial charge < -0.3 is 9.64 Å². The van der Waals surface area contributed by atoms with Crippen molar-refractivity contribution in [2.75, 3.05) is 26.2 Å². The van der Waals surface area contributed by atoms with E-state index in [1.165, 1.54) is 10.5 Å². The molecule has 2 nitrogen and oxygen atoms in total. The fraction of sp³-hybridized carbons (Fsp3) is 0.375. The number of benzene rings is 1. The monoisotopic (exact) mass is 246 g/mol. The summed E-state index contributed by atoms with van der Waals surface area (Å²) in [6.07, 6.45) is 4.95. The number of hydrogen-bond donors (Lipinski definition) is 1. The van der Waals surface area contributed by atoms with E-state index in [0.717, 1.165) is 38.4 Å². The molecule has 0 radical (unpaired) electrons. The van der Waals surface area contributed by atoms with Gasteiger partial charge in [0.2, 0.25) is 0 Å². The molecule has 0 aliphatic rings. The largest absolute Gasteiger partial charge is 0.488 e. The van der Waals surface area contributed by atoms with Gasteiger partial charge in [0.25, 0.3) is 0 Å². The van der Waals surface area contributed by atoms with Gasteiger partial charge in [0.15, 0.2) is 0 Å².